The second-order valence-corrected chi connectivity index (χ2v) is 11.4. The van der Waals surface area contributed by atoms with Gasteiger partial charge in [0, 0.05) is 22.4 Å². The third-order valence-electron chi connectivity index (χ3n) is 7.33. The molecule has 0 aliphatic heterocycles. The molecule has 1 amide bonds. The van der Waals surface area contributed by atoms with Gasteiger partial charge in [-0.2, -0.15) is 0 Å². The van der Waals surface area contributed by atoms with Gasteiger partial charge in [0.1, 0.15) is 10.4 Å². The van der Waals surface area contributed by atoms with Crippen molar-refractivity contribution in [2.75, 3.05) is 17.7 Å². The minimum Gasteiger partial charge on any atom is -0.465 e. The molecular weight excluding hydrogens is 498 g/mol. The van der Waals surface area contributed by atoms with Crippen LogP contribution in [-0.4, -0.2) is 30.0 Å². The number of anilines is 2. The van der Waals surface area contributed by atoms with Gasteiger partial charge in [-0.25, -0.2) is 9.78 Å². The predicted octanol–water partition coefficient (Wildman–Crippen LogP) is 7.16. The number of nitrogens with zero attached hydrogens (tertiary/aromatic N) is 2. The van der Waals surface area contributed by atoms with Gasteiger partial charge in [-0.15, -0.1) is 11.3 Å². The number of carbonyl (C=O) groups excluding carboxylic acids is 2. The summed E-state index contributed by atoms with van der Waals surface area (Å²) in [5.74, 6) is 0.775. The highest BCUT2D eigenvalue weighted by molar-refractivity contribution is 7.18. The average Bonchev–Trinajstić information content (AvgIpc) is 3.55. The highest BCUT2D eigenvalue weighted by atomic mass is 32.1. The van der Waals surface area contributed by atoms with Gasteiger partial charge in [-0.1, -0.05) is 25.1 Å². The first-order valence-electron chi connectivity index (χ1n) is 13.1. The van der Waals surface area contributed by atoms with E-state index in [2.05, 4.69) is 11.9 Å². The topological polar surface area (TPSA) is 98.7 Å². The maximum absolute atomic E-state index is 13.7. The molecule has 0 saturated heterocycles. The van der Waals surface area contributed by atoms with Gasteiger partial charge in [0.25, 0.3) is 0 Å². The quantitative estimate of drug-likeness (QED) is 0.209. The number of para-hydroxylation sites is 1. The monoisotopic (exact) mass is 531 g/mol. The van der Waals surface area contributed by atoms with E-state index in [0.717, 1.165) is 41.7 Å². The summed E-state index contributed by atoms with van der Waals surface area (Å²) in [5.41, 5.74) is 10.2. The zero-order chi connectivity index (χ0) is 27.0. The lowest BCUT2D eigenvalue weighted by molar-refractivity contribution is -0.123. The fraction of sp³-hybridized carbons (Fsp3) is 0.367. The van der Waals surface area contributed by atoms with Crippen LogP contribution in [-0.2, 0) is 9.53 Å². The van der Waals surface area contributed by atoms with Gasteiger partial charge < -0.3 is 19.8 Å². The number of ether oxygens (including phenoxy) is 1. The van der Waals surface area contributed by atoms with E-state index in [4.69, 9.17) is 14.9 Å². The van der Waals surface area contributed by atoms with Crippen LogP contribution in [0.1, 0.15) is 56.1 Å². The van der Waals surface area contributed by atoms with Crippen molar-refractivity contribution in [2.45, 2.75) is 52.5 Å². The molecule has 0 radical (unpaired) electrons. The molecule has 2 N–H and O–H groups in total. The summed E-state index contributed by atoms with van der Waals surface area (Å²) in [5, 5.41) is 0. The minimum absolute atomic E-state index is 0.0212. The molecule has 1 saturated carbocycles. The number of benzene rings is 2. The predicted molar refractivity (Wildman–Crippen MR) is 152 cm³/mol. The number of rotatable bonds is 6. The van der Waals surface area contributed by atoms with Gasteiger partial charge >= 0.3 is 5.97 Å². The Morgan fingerprint density at radius 1 is 1.08 bits per heavy atom. The molecule has 198 valence electrons. The first kappa shape index (κ1) is 26.0. The van der Waals surface area contributed by atoms with Crippen LogP contribution < -0.4 is 10.6 Å². The molecule has 38 heavy (non-hydrogen) atoms. The number of fused-ring (bicyclic) bond motifs is 1. The van der Waals surface area contributed by atoms with Gasteiger partial charge in [0.2, 0.25) is 11.8 Å². The zero-order valence-electron chi connectivity index (χ0n) is 22.2. The smallest absolute Gasteiger partial charge is 0.350 e. The second kappa shape index (κ2) is 10.6. The van der Waals surface area contributed by atoms with Crippen molar-refractivity contribution in [3.63, 3.8) is 0 Å². The SMILES string of the molecule is COC(=O)c1sc(-c2ccc(-c3nc4c(N)cccc4o3)cc2)cc1N(C(=O)C1CCC(C)CC1)C(C)C. The van der Waals surface area contributed by atoms with E-state index in [1.165, 1.54) is 18.4 Å². The molecule has 1 aliphatic rings. The Hall–Kier alpha value is -3.65. The van der Waals surface area contributed by atoms with E-state index in [0.29, 0.717) is 39.2 Å². The van der Waals surface area contributed by atoms with Crippen molar-refractivity contribution in [3.05, 3.63) is 53.4 Å². The van der Waals surface area contributed by atoms with Crippen LogP contribution in [0, 0.1) is 11.8 Å². The summed E-state index contributed by atoms with van der Waals surface area (Å²) in [6.45, 7) is 6.22. The second-order valence-electron chi connectivity index (χ2n) is 10.4. The maximum atomic E-state index is 13.7. The Balaban J connectivity index is 1.48. The molecule has 2 heterocycles. The van der Waals surface area contributed by atoms with Crippen LogP contribution in [0.15, 0.2) is 52.9 Å². The molecule has 4 aromatic rings. The van der Waals surface area contributed by atoms with E-state index in [1.807, 2.05) is 56.3 Å². The fourth-order valence-corrected chi connectivity index (χ4v) is 6.24. The third kappa shape index (κ3) is 4.92. The van der Waals surface area contributed by atoms with Crippen molar-refractivity contribution in [2.24, 2.45) is 11.8 Å². The molecule has 2 aromatic heterocycles. The van der Waals surface area contributed by atoms with Gasteiger partial charge in [0.15, 0.2) is 5.58 Å². The van der Waals surface area contributed by atoms with Gasteiger partial charge in [-0.3, -0.25) is 4.79 Å². The van der Waals surface area contributed by atoms with Crippen LogP contribution in [0.5, 0.6) is 0 Å². The Morgan fingerprint density at radius 2 is 1.76 bits per heavy atom. The highest BCUT2D eigenvalue weighted by Crippen LogP contribution is 2.41. The number of hydrogen-bond donors (Lipinski definition) is 1. The molecule has 1 aliphatic carbocycles. The molecular formula is C30H33N3O4S. The lowest BCUT2D eigenvalue weighted by atomic mass is 9.82. The lowest BCUT2D eigenvalue weighted by Crippen LogP contribution is -2.42. The Kier molecular flexibility index (Phi) is 7.25. The normalized spacial score (nSPS) is 17.6. The van der Waals surface area contributed by atoms with Gasteiger partial charge in [0.05, 0.1) is 18.5 Å². The molecule has 0 unspecified atom stereocenters. The zero-order valence-corrected chi connectivity index (χ0v) is 23.0. The standard InChI is InChI=1S/C30H33N3O4S/c1-17(2)33(29(34)21-10-8-18(3)9-11-21)23-16-25(38-27(23)30(35)36-4)19-12-14-20(15-13-19)28-32-26-22(31)6-5-7-24(26)37-28/h5-7,12-18,21H,8-11,31H2,1-4H3. The summed E-state index contributed by atoms with van der Waals surface area (Å²) < 4.78 is 11.0. The maximum Gasteiger partial charge on any atom is 0.350 e. The van der Waals surface area contributed by atoms with Crippen molar-refractivity contribution >= 4 is 45.7 Å². The molecule has 5 rings (SSSR count). The Morgan fingerprint density at radius 3 is 2.39 bits per heavy atom. The molecule has 1 fully saturated rings. The van der Waals surface area contributed by atoms with E-state index in [9.17, 15) is 9.59 Å². The lowest BCUT2D eigenvalue weighted by Gasteiger charge is -2.33. The molecule has 0 bridgehead atoms. The van der Waals surface area contributed by atoms with Crippen molar-refractivity contribution in [1.82, 2.24) is 4.98 Å². The van der Waals surface area contributed by atoms with Gasteiger partial charge in [-0.05, 0) is 81.3 Å². The van der Waals surface area contributed by atoms with E-state index < -0.39 is 5.97 Å². The Bertz CT molecular complexity index is 1460. The van der Waals surface area contributed by atoms with E-state index >= 15 is 0 Å². The number of oxazole rings is 1. The molecule has 2 aromatic carbocycles. The summed E-state index contributed by atoms with van der Waals surface area (Å²) in [6, 6.07) is 15.1. The highest BCUT2D eigenvalue weighted by Gasteiger charge is 2.33. The summed E-state index contributed by atoms with van der Waals surface area (Å²) >= 11 is 1.34. The van der Waals surface area contributed by atoms with Crippen molar-refractivity contribution < 1.29 is 18.7 Å². The largest absolute Gasteiger partial charge is 0.465 e. The summed E-state index contributed by atoms with van der Waals surface area (Å²) in [6.07, 6.45) is 3.88. The number of nitrogens with two attached hydrogens (primary N) is 1. The molecule has 0 atom stereocenters. The van der Waals surface area contributed by atoms with E-state index in [-0.39, 0.29) is 17.9 Å². The number of carbonyl (C=O) groups is 2. The molecule has 7 nitrogen and oxygen atoms in total. The number of nitrogen functional groups attached to an aromatic ring is 1. The summed E-state index contributed by atoms with van der Waals surface area (Å²) in [4.78, 5) is 34.2. The fourth-order valence-electron chi connectivity index (χ4n) is 5.17. The number of esters is 1. The van der Waals surface area contributed by atoms with Crippen LogP contribution in [0.25, 0.3) is 33.0 Å². The summed E-state index contributed by atoms with van der Waals surface area (Å²) in [7, 11) is 1.37. The average molecular weight is 532 g/mol. The third-order valence-corrected chi connectivity index (χ3v) is 8.48. The van der Waals surface area contributed by atoms with Crippen molar-refractivity contribution in [1.29, 1.82) is 0 Å². The van der Waals surface area contributed by atoms with Crippen LogP contribution >= 0.6 is 11.3 Å². The van der Waals surface area contributed by atoms with Crippen molar-refractivity contribution in [3.8, 4) is 21.9 Å². The van der Waals surface area contributed by atoms with Crippen LogP contribution in [0.3, 0.4) is 0 Å². The van der Waals surface area contributed by atoms with Crippen LogP contribution in [0.2, 0.25) is 0 Å². The number of thiophene rings is 1. The number of hydrogen-bond acceptors (Lipinski definition) is 7. The number of aromatic nitrogens is 1. The number of amides is 1. The first-order valence-corrected chi connectivity index (χ1v) is 13.9. The van der Waals surface area contributed by atoms with Crippen LogP contribution in [0.4, 0.5) is 11.4 Å². The van der Waals surface area contributed by atoms with E-state index in [1.54, 1.807) is 11.0 Å². The molecule has 0 spiro atoms. The molecule has 8 heteroatoms. The Labute approximate surface area is 226 Å². The number of methoxy groups -OCH3 is 1. The first-order chi connectivity index (χ1) is 18.3. The minimum atomic E-state index is -0.437.